The molecule has 25 heavy (non-hydrogen) atoms. The van der Waals surface area contributed by atoms with Gasteiger partial charge in [-0.25, -0.2) is 8.42 Å². The molecule has 1 N–H and O–H groups in total. The lowest BCUT2D eigenvalue weighted by molar-refractivity contribution is -0.384. The van der Waals surface area contributed by atoms with Crippen molar-refractivity contribution in [1.29, 1.82) is 0 Å². The highest BCUT2D eigenvalue weighted by Crippen LogP contribution is 2.31. The largest absolute Gasteiger partial charge is 0.494 e. The zero-order chi connectivity index (χ0) is 18.0. The van der Waals surface area contributed by atoms with E-state index in [0.29, 0.717) is 22.3 Å². The Labute approximate surface area is 143 Å². The third kappa shape index (κ3) is 3.22. The SMILES string of the molecule is COc1ccc(NS(=O)(=O)c2ccc([N+](=O)[O-])cc2)c2cccnc12. The minimum absolute atomic E-state index is 0.0778. The second-order valence-electron chi connectivity index (χ2n) is 5.07. The molecular formula is C16H13N3O5S. The molecule has 0 spiro atoms. The van der Waals surface area contributed by atoms with E-state index in [1.807, 2.05) is 0 Å². The molecule has 128 valence electrons. The van der Waals surface area contributed by atoms with E-state index >= 15 is 0 Å². The average molecular weight is 359 g/mol. The van der Waals surface area contributed by atoms with Gasteiger partial charge in [0.25, 0.3) is 15.7 Å². The summed E-state index contributed by atoms with van der Waals surface area (Å²) in [5, 5.41) is 11.3. The van der Waals surface area contributed by atoms with Crippen LogP contribution in [0.25, 0.3) is 10.9 Å². The van der Waals surface area contributed by atoms with Gasteiger partial charge in [0, 0.05) is 23.7 Å². The third-order valence-corrected chi connectivity index (χ3v) is 4.94. The fourth-order valence-corrected chi connectivity index (χ4v) is 3.43. The lowest BCUT2D eigenvalue weighted by Crippen LogP contribution is -2.13. The molecule has 0 unspecified atom stereocenters. The van der Waals surface area contributed by atoms with Crippen molar-refractivity contribution in [3.8, 4) is 5.75 Å². The first kappa shape index (κ1) is 16.7. The molecule has 0 aliphatic rings. The summed E-state index contributed by atoms with van der Waals surface area (Å²) in [6, 6.07) is 11.2. The number of non-ortho nitro benzene ring substituents is 1. The van der Waals surface area contributed by atoms with E-state index in [1.54, 1.807) is 30.5 Å². The number of nitrogens with zero attached hydrogens (tertiary/aromatic N) is 2. The summed E-state index contributed by atoms with van der Waals surface area (Å²) < 4.78 is 32.8. The molecule has 2 aromatic carbocycles. The number of ether oxygens (including phenoxy) is 1. The number of aromatic nitrogens is 1. The van der Waals surface area contributed by atoms with Crippen LogP contribution in [-0.2, 0) is 10.0 Å². The second-order valence-corrected chi connectivity index (χ2v) is 6.75. The topological polar surface area (TPSA) is 111 Å². The van der Waals surface area contributed by atoms with Gasteiger partial charge < -0.3 is 4.74 Å². The van der Waals surface area contributed by atoms with Crippen molar-refractivity contribution in [2.45, 2.75) is 4.90 Å². The van der Waals surface area contributed by atoms with Gasteiger partial charge in [0.05, 0.1) is 22.6 Å². The van der Waals surface area contributed by atoms with Gasteiger partial charge in [0.2, 0.25) is 0 Å². The number of nitro benzene ring substituents is 1. The Hall–Kier alpha value is -3.20. The smallest absolute Gasteiger partial charge is 0.269 e. The van der Waals surface area contributed by atoms with Gasteiger partial charge in [-0.15, -0.1) is 0 Å². The number of nitrogens with one attached hydrogen (secondary N) is 1. The first-order valence-electron chi connectivity index (χ1n) is 7.11. The summed E-state index contributed by atoms with van der Waals surface area (Å²) >= 11 is 0. The first-order valence-corrected chi connectivity index (χ1v) is 8.60. The maximum absolute atomic E-state index is 12.5. The van der Waals surface area contributed by atoms with Crippen LogP contribution in [0.1, 0.15) is 0 Å². The van der Waals surface area contributed by atoms with Crippen LogP contribution in [0.2, 0.25) is 0 Å². The second kappa shape index (κ2) is 6.36. The molecule has 0 atom stereocenters. The summed E-state index contributed by atoms with van der Waals surface area (Å²) in [7, 11) is -2.40. The highest BCUT2D eigenvalue weighted by Gasteiger charge is 2.18. The molecule has 1 heterocycles. The Balaban J connectivity index is 2.01. The number of nitro groups is 1. The van der Waals surface area contributed by atoms with Crippen LogP contribution in [0, 0.1) is 10.1 Å². The van der Waals surface area contributed by atoms with Gasteiger partial charge in [-0.2, -0.15) is 0 Å². The Bertz CT molecular complexity index is 1050. The zero-order valence-electron chi connectivity index (χ0n) is 13.0. The lowest BCUT2D eigenvalue weighted by Gasteiger charge is -2.12. The molecule has 0 bridgehead atoms. The third-order valence-electron chi connectivity index (χ3n) is 3.55. The molecule has 8 nitrogen and oxygen atoms in total. The summed E-state index contributed by atoms with van der Waals surface area (Å²) in [5.41, 5.74) is 0.675. The van der Waals surface area contributed by atoms with E-state index in [0.717, 1.165) is 12.1 Å². The van der Waals surface area contributed by atoms with Gasteiger partial charge in [-0.05, 0) is 36.4 Å². The minimum Gasteiger partial charge on any atom is -0.494 e. The van der Waals surface area contributed by atoms with Crippen LogP contribution < -0.4 is 9.46 Å². The van der Waals surface area contributed by atoms with Crippen molar-refractivity contribution in [2.75, 3.05) is 11.8 Å². The predicted octanol–water partition coefficient (Wildman–Crippen LogP) is 2.95. The molecule has 0 fully saturated rings. The number of methoxy groups -OCH3 is 1. The standard InChI is InChI=1S/C16H13N3O5S/c1-24-15-9-8-14(13-3-2-10-17-16(13)15)18-25(22,23)12-6-4-11(5-7-12)19(20)21/h2-10,18H,1H3. The molecule has 1 aromatic heterocycles. The first-order chi connectivity index (χ1) is 11.9. The van der Waals surface area contributed by atoms with E-state index in [1.165, 1.54) is 19.2 Å². The fraction of sp³-hybridized carbons (Fsp3) is 0.0625. The van der Waals surface area contributed by atoms with Crippen LogP contribution in [-0.4, -0.2) is 25.4 Å². The quantitative estimate of drug-likeness (QED) is 0.554. The van der Waals surface area contributed by atoms with Crippen molar-refractivity contribution in [3.05, 3.63) is 64.8 Å². The van der Waals surface area contributed by atoms with E-state index in [2.05, 4.69) is 9.71 Å². The van der Waals surface area contributed by atoms with E-state index in [-0.39, 0.29) is 10.6 Å². The maximum Gasteiger partial charge on any atom is 0.269 e. The Morgan fingerprint density at radius 1 is 1.12 bits per heavy atom. The monoisotopic (exact) mass is 359 g/mol. The van der Waals surface area contributed by atoms with Crippen LogP contribution in [0.4, 0.5) is 11.4 Å². The van der Waals surface area contributed by atoms with Gasteiger partial charge in [0.1, 0.15) is 11.3 Å². The van der Waals surface area contributed by atoms with Crippen LogP contribution in [0.5, 0.6) is 5.75 Å². The van der Waals surface area contributed by atoms with Crippen molar-refractivity contribution in [2.24, 2.45) is 0 Å². The van der Waals surface area contributed by atoms with Crippen molar-refractivity contribution >= 4 is 32.3 Å². The normalized spacial score (nSPS) is 11.2. The maximum atomic E-state index is 12.5. The number of hydrogen-bond donors (Lipinski definition) is 1. The summed E-state index contributed by atoms with van der Waals surface area (Å²) in [4.78, 5) is 14.2. The molecule has 9 heteroatoms. The number of pyridine rings is 1. The molecule has 0 saturated heterocycles. The van der Waals surface area contributed by atoms with Crippen LogP contribution in [0.15, 0.2) is 59.6 Å². The van der Waals surface area contributed by atoms with E-state index in [4.69, 9.17) is 4.74 Å². The molecule has 0 aliphatic heterocycles. The highest BCUT2D eigenvalue weighted by molar-refractivity contribution is 7.92. The number of hydrogen-bond acceptors (Lipinski definition) is 6. The number of benzene rings is 2. The average Bonchev–Trinajstić information content (AvgIpc) is 2.62. The van der Waals surface area contributed by atoms with Crippen LogP contribution >= 0.6 is 0 Å². The summed E-state index contributed by atoms with van der Waals surface area (Å²) in [5.74, 6) is 0.522. The van der Waals surface area contributed by atoms with E-state index < -0.39 is 14.9 Å². The van der Waals surface area contributed by atoms with Crippen molar-refractivity contribution in [1.82, 2.24) is 4.98 Å². The van der Waals surface area contributed by atoms with Crippen LogP contribution in [0.3, 0.4) is 0 Å². The van der Waals surface area contributed by atoms with Gasteiger partial charge in [0.15, 0.2) is 0 Å². The number of fused-ring (bicyclic) bond motifs is 1. The van der Waals surface area contributed by atoms with Gasteiger partial charge in [-0.1, -0.05) is 0 Å². The molecule has 0 saturated carbocycles. The van der Waals surface area contributed by atoms with Crippen molar-refractivity contribution < 1.29 is 18.1 Å². The highest BCUT2D eigenvalue weighted by atomic mass is 32.2. The lowest BCUT2D eigenvalue weighted by atomic mass is 10.2. The Morgan fingerprint density at radius 2 is 1.84 bits per heavy atom. The molecule has 0 amide bonds. The minimum atomic E-state index is -3.91. The number of rotatable bonds is 5. The molecule has 0 radical (unpaired) electrons. The van der Waals surface area contributed by atoms with Gasteiger partial charge >= 0.3 is 0 Å². The Kier molecular flexibility index (Phi) is 4.24. The van der Waals surface area contributed by atoms with Crippen molar-refractivity contribution in [3.63, 3.8) is 0 Å². The Morgan fingerprint density at radius 3 is 2.48 bits per heavy atom. The molecule has 3 aromatic rings. The van der Waals surface area contributed by atoms with Gasteiger partial charge in [-0.3, -0.25) is 19.8 Å². The summed E-state index contributed by atoms with van der Waals surface area (Å²) in [6.45, 7) is 0. The molecule has 0 aliphatic carbocycles. The number of sulfonamides is 1. The fourth-order valence-electron chi connectivity index (χ4n) is 2.35. The predicted molar refractivity (Wildman–Crippen MR) is 92.2 cm³/mol. The molecule has 3 rings (SSSR count). The molecular weight excluding hydrogens is 346 g/mol. The summed E-state index contributed by atoms with van der Waals surface area (Å²) in [6.07, 6.45) is 1.58. The number of anilines is 1. The zero-order valence-corrected chi connectivity index (χ0v) is 13.9. The van der Waals surface area contributed by atoms with E-state index in [9.17, 15) is 18.5 Å².